The lowest BCUT2D eigenvalue weighted by Crippen LogP contribution is -2.89. The molecule has 5 saturated heterocycles. The third-order valence-electron chi connectivity index (χ3n) is 17.6. The van der Waals surface area contributed by atoms with Crippen LogP contribution in [0, 0.1) is 19.4 Å². The van der Waals surface area contributed by atoms with E-state index in [9.17, 15) is 44.7 Å². The smallest absolute Gasteiger partial charge is 0.371 e. The maximum atomic E-state index is 14.1. The first kappa shape index (κ1) is 96.8. The number of nitrogens with one attached hydrogen (secondary N) is 2. The van der Waals surface area contributed by atoms with E-state index in [0.717, 1.165) is 50.4 Å². The molecule has 0 radical (unpaired) electrons. The molecule has 11 heterocycles. The number of ether oxygens (including phenoxy) is 5. The average Bonchev–Trinajstić information content (AvgIpc) is 1.67. The molecule has 122 heavy (non-hydrogen) atoms. The Bertz CT molecular complexity index is 5050. The van der Waals surface area contributed by atoms with Crippen molar-refractivity contribution in [1.82, 2.24) is 83.7 Å². The molecule has 10 aromatic rings. The van der Waals surface area contributed by atoms with Crippen molar-refractivity contribution in [3.8, 4) is 23.4 Å². The van der Waals surface area contributed by atoms with E-state index in [2.05, 4.69) is 97.0 Å². The van der Waals surface area contributed by atoms with Crippen molar-refractivity contribution < 1.29 is 83.6 Å². The van der Waals surface area contributed by atoms with Crippen molar-refractivity contribution in [1.29, 1.82) is 5.53 Å². The van der Waals surface area contributed by atoms with Gasteiger partial charge in [-0.2, -0.15) is 59.2 Å². The van der Waals surface area contributed by atoms with Crippen molar-refractivity contribution in [3.05, 3.63) is 117 Å². The summed E-state index contributed by atoms with van der Waals surface area (Å²) in [6, 6.07) is 21.1. The number of carboxylic acid groups (broad SMARTS) is 1. The van der Waals surface area contributed by atoms with Gasteiger partial charge in [0.1, 0.15) is 28.8 Å². The van der Waals surface area contributed by atoms with E-state index in [0.29, 0.717) is 185 Å². The fourth-order valence-corrected chi connectivity index (χ4v) is 12.7. The predicted molar refractivity (Wildman–Crippen MR) is 439 cm³/mol. The van der Waals surface area contributed by atoms with E-state index in [4.69, 9.17) is 109 Å². The highest BCUT2D eigenvalue weighted by Gasteiger charge is 2.31. The highest BCUT2D eigenvalue weighted by atomic mass is 35.5. The van der Waals surface area contributed by atoms with Crippen LogP contribution in [0.2, 0.25) is 15.9 Å². The summed E-state index contributed by atoms with van der Waals surface area (Å²) < 4.78 is 133. The number of carbonyl (C=O) groups excluding carboxylic acids is 2. The molecule has 0 aliphatic carbocycles. The topological polar surface area (TPSA) is 447 Å². The Hall–Kier alpha value is -10.6. The summed E-state index contributed by atoms with van der Waals surface area (Å²) in [5, 5.41) is 14.7. The summed E-state index contributed by atoms with van der Waals surface area (Å²) in [5.41, 5.74) is 22.7. The second-order valence-corrected chi connectivity index (χ2v) is 27.2. The van der Waals surface area contributed by atoms with Crippen LogP contribution in [-0.4, -0.2) is 269 Å². The molecule has 0 saturated carbocycles. The molecule has 4 aromatic carbocycles. The van der Waals surface area contributed by atoms with Crippen molar-refractivity contribution in [2.75, 3.05) is 187 Å². The van der Waals surface area contributed by atoms with Gasteiger partial charge in [0.05, 0.1) is 130 Å². The Morgan fingerprint density at radius 1 is 0.516 bits per heavy atom. The molecular weight excluding hydrogens is 1750 g/mol. The second-order valence-electron chi connectivity index (χ2n) is 25.5. The third kappa shape index (κ3) is 27.7. The Morgan fingerprint density at radius 3 is 1.32 bits per heavy atom. The molecule has 5 aliphatic rings. The highest BCUT2D eigenvalue weighted by Crippen LogP contribution is 2.34. The van der Waals surface area contributed by atoms with Gasteiger partial charge in [-0.25, -0.2) is 46.1 Å². The first-order valence-corrected chi connectivity index (χ1v) is 39.7. The maximum Gasteiger partial charge on any atom is 0.371 e. The molecule has 660 valence electrons. The Kier molecular flexibility index (Phi) is 38.8. The van der Waals surface area contributed by atoms with Gasteiger partial charge in [-0.05, 0) is 120 Å². The van der Waals surface area contributed by atoms with Gasteiger partial charge in [0.2, 0.25) is 63.4 Å². The summed E-state index contributed by atoms with van der Waals surface area (Å²) >= 11 is 33.0. The van der Waals surface area contributed by atoms with E-state index in [1.807, 2.05) is 70.4 Å². The number of aromatic amines is 1. The minimum atomic E-state index is -3.23. The van der Waals surface area contributed by atoms with E-state index < -0.39 is 43.3 Å². The Labute approximate surface area is 721 Å². The number of nitrogens with two attached hydrogens (primary N) is 3. The molecule has 15 rings (SSSR count). The number of benzene rings is 4. The molecule has 5 aliphatic heterocycles. The van der Waals surface area contributed by atoms with Gasteiger partial charge in [-0.1, -0.05) is 41.0 Å². The molecule has 0 atom stereocenters. The van der Waals surface area contributed by atoms with Crippen molar-refractivity contribution in [3.63, 3.8) is 0 Å². The number of aryl methyl sites for hydroxylation is 2. The lowest BCUT2D eigenvalue weighted by Gasteiger charge is -2.35. The number of nitrogens with zero attached hydrogens (tertiary/aromatic N) is 23. The van der Waals surface area contributed by atoms with Gasteiger partial charge >= 0.3 is 12.4 Å². The van der Waals surface area contributed by atoms with E-state index in [1.165, 1.54) is 9.13 Å². The van der Waals surface area contributed by atoms with Crippen molar-refractivity contribution in [2.24, 2.45) is 15.1 Å². The van der Waals surface area contributed by atoms with E-state index >= 15 is 0 Å². The van der Waals surface area contributed by atoms with Gasteiger partial charge in [-0.3, -0.25) is 18.7 Å². The number of alkyl halides is 10. The first-order valence-electron chi connectivity index (χ1n) is 37.2. The van der Waals surface area contributed by atoms with Crippen LogP contribution in [0.25, 0.3) is 45.0 Å². The molecular formula is C71H85Cl6F8N28O9+. The summed E-state index contributed by atoms with van der Waals surface area (Å²) in [5.74, 6) is -0.357. The number of carbonyl (C=O) groups is 3. The number of carboxylic acids is 1. The molecule has 2 amide bonds. The van der Waals surface area contributed by atoms with Crippen LogP contribution in [-0.2, 0) is 28.6 Å². The largest absolute Gasteiger partial charge is 0.492 e. The fourth-order valence-electron chi connectivity index (χ4n) is 11.9. The summed E-state index contributed by atoms with van der Waals surface area (Å²) in [6.45, 7) is 21.4. The lowest BCUT2D eigenvalue weighted by atomic mass is 10.2. The minimum Gasteiger partial charge on any atom is -0.492 e. The normalized spacial score (nSPS) is 14.7. The van der Waals surface area contributed by atoms with Gasteiger partial charge in [0, 0.05) is 65.4 Å². The summed E-state index contributed by atoms with van der Waals surface area (Å²) in [6.07, 6.45) is -11.4. The van der Waals surface area contributed by atoms with Crippen LogP contribution in [0.5, 0.6) is 11.5 Å². The number of nitrogen functional groups attached to an aromatic ring is 2. The maximum absolute atomic E-state index is 14.1. The van der Waals surface area contributed by atoms with Gasteiger partial charge in [0.15, 0.2) is 17.5 Å². The number of rotatable bonds is 17. The van der Waals surface area contributed by atoms with Crippen molar-refractivity contribution >= 4 is 156 Å². The first-order chi connectivity index (χ1) is 58.6. The molecule has 37 nitrogen and oxygen atoms in total. The molecule has 6 aromatic heterocycles. The second kappa shape index (κ2) is 48.9. The Morgan fingerprint density at radius 2 is 0.902 bits per heavy atom. The molecule has 51 heteroatoms. The number of aromatic nitrogens is 15. The SMILES string of the molecule is CCOc1cccc(N)c1N.CCOc1cccc2[nH]c(C(F)F)nc12.Cc1cccc2c1nc(C(F)F)n2-c1nc(Cl)nc(N2CCOCC2)n1.Cc1cccc2c1nc(C(F)F)n2-c1nc(N2CCOCC2)nc(N2CCN(C(=O)CCl)CC2)n1.Clc1nc(Cl)nc(N2CCOCC2)n1.N=NN=NCl.O=C(CCl)N1CC[NH2+]CC1.O=C(O)C(F)F. The number of piperazine rings is 2. The number of hydrogen-bond acceptors (Lipinski definition) is 28. The summed E-state index contributed by atoms with van der Waals surface area (Å²) in [7, 11) is 0. The number of fused-ring (bicyclic) bond motifs is 3. The zero-order valence-corrected chi connectivity index (χ0v) is 70.3. The predicted octanol–water partition coefficient (Wildman–Crippen LogP) is 10.8. The number of hydrogen-bond donors (Lipinski definition) is 6. The zero-order chi connectivity index (χ0) is 88.5. The van der Waals surface area contributed by atoms with Gasteiger partial charge in [-0.15, -0.1) is 23.2 Å². The van der Waals surface area contributed by atoms with Crippen LogP contribution >= 0.6 is 69.8 Å². The van der Waals surface area contributed by atoms with E-state index in [-0.39, 0.29) is 57.1 Å². The Balaban J connectivity index is 0.000000187. The number of halogens is 14. The van der Waals surface area contributed by atoms with Crippen molar-refractivity contribution in [2.45, 2.75) is 53.4 Å². The average molecular weight is 1840 g/mol. The highest BCUT2D eigenvalue weighted by molar-refractivity contribution is 6.31. The van der Waals surface area contributed by atoms with Crippen LogP contribution in [0.3, 0.4) is 0 Å². The number of quaternary nitrogens is 1. The van der Waals surface area contributed by atoms with Gasteiger partial charge < -0.3 is 80.0 Å². The minimum absolute atomic E-state index is 0.0230. The molecule has 0 unspecified atom stereocenters. The summed E-state index contributed by atoms with van der Waals surface area (Å²) in [4.78, 5) is 95.9. The van der Waals surface area contributed by atoms with Crippen LogP contribution < -0.4 is 45.9 Å². The zero-order valence-electron chi connectivity index (χ0n) is 65.7. The number of morpholine rings is 3. The number of imidazole rings is 3. The third-order valence-corrected chi connectivity index (χ3v) is 18.7. The van der Waals surface area contributed by atoms with Crippen LogP contribution in [0.1, 0.15) is 61.7 Å². The monoisotopic (exact) mass is 1840 g/mol. The molecule has 9 N–H and O–H groups in total. The number of para-hydroxylation sites is 4. The van der Waals surface area contributed by atoms with Crippen LogP contribution in [0.15, 0.2) is 87.9 Å². The number of H-pyrrole nitrogens is 1. The molecule has 5 fully saturated rings. The van der Waals surface area contributed by atoms with Crippen LogP contribution in [0.4, 0.5) is 70.3 Å². The lowest BCUT2D eigenvalue weighted by molar-refractivity contribution is -0.662. The number of anilines is 6. The molecule has 0 spiro atoms. The van der Waals surface area contributed by atoms with E-state index in [1.54, 1.807) is 59.5 Å². The standard InChI is InChI=1S/C22H25ClF2N8O2.C16H15ClF2N6O.C10H10F2N2O.C8H12N2O.C7H8Cl2N4O.C6H11ClN2O.C2H2F2O2.ClHN4/c1-14-3-2-4-15-17(14)26-19(18(24)25)33(15)22-28-20(27-21(29-22)32-9-11-35-12-10-32)31-7-5-30(6-8-31)16(34)13-23;1-9-3-2-4-10-11(9)20-13(12(18)19)25(10)16-22-14(17)21-15(23-16)24-5-7-26-8-6-24;1-2-15-7-5-3-4-6-8(7)14-10(13-6)9(11)12;1-2-11-7-5-3-4-6(9)8(7)10;8-5-10-6(9)12-7(11-5)13-1-3-14-4-2-13;7-5-6(10)9-3-1-8-2-4-9;3-1(4)2(5)6;1-3-5-4-2/h2-4,18H,5-13H2,1H3;2-4,12H,5-8H2,1H3;3-5,9H,2H2,1H3,(H,13,14);3-5H,2,9-10H2,1H3;1-4H2;8H,1-5H2;1H,(H,5,6);2H/p+1. The molecule has 0 bridgehead atoms. The number of amides is 2. The number of aliphatic carboxylic acids is 1. The van der Waals surface area contributed by atoms with Gasteiger partial charge in [0.25, 0.3) is 19.3 Å². The quantitative estimate of drug-likeness (QED) is 0.0162. The fraction of sp³-hybridized carbons (Fsp3) is 0.451.